The minimum Gasteiger partial charge on any atom is -0.462 e. The van der Waals surface area contributed by atoms with E-state index in [0.717, 1.165) is 44.9 Å². The van der Waals surface area contributed by atoms with Crippen molar-refractivity contribution in [2.24, 2.45) is 0 Å². The number of H-pyrrole nitrogens is 1. The number of hydrogen-bond acceptors (Lipinski definition) is 5. The molecule has 0 amide bonds. The third-order valence-electron chi connectivity index (χ3n) is 5.05. The highest BCUT2D eigenvalue weighted by atomic mass is 32.2. The number of aryl methyl sites for hydroxylation is 2. The van der Waals surface area contributed by atoms with E-state index in [4.69, 9.17) is 4.74 Å². The molecule has 0 aliphatic rings. The van der Waals surface area contributed by atoms with Gasteiger partial charge in [-0.25, -0.2) is 9.78 Å². The third kappa shape index (κ3) is 3.61. The Morgan fingerprint density at radius 1 is 1.17 bits per heavy atom. The summed E-state index contributed by atoms with van der Waals surface area (Å²) in [6, 6.07) is 13.2. The van der Waals surface area contributed by atoms with Crippen LogP contribution in [0, 0.1) is 6.92 Å². The van der Waals surface area contributed by atoms with Crippen LogP contribution in [0.15, 0.2) is 47.6 Å². The third-order valence-corrected chi connectivity index (χ3v) is 6.02. The fourth-order valence-corrected chi connectivity index (χ4v) is 4.65. The van der Waals surface area contributed by atoms with Gasteiger partial charge in [0.2, 0.25) is 0 Å². The van der Waals surface area contributed by atoms with E-state index in [-0.39, 0.29) is 17.5 Å². The highest BCUT2D eigenvalue weighted by Gasteiger charge is 2.19. The van der Waals surface area contributed by atoms with Gasteiger partial charge in [0.25, 0.3) is 0 Å². The lowest BCUT2D eigenvalue weighted by molar-refractivity contribution is 0.0526. The first-order valence-electron chi connectivity index (χ1n) is 9.94. The molecule has 0 saturated carbocycles. The predicted octanol–water partition coefficient (Wildman–Crippen LogP) is 5.00. The zero-order valence-electron chi connectivity index (χ0n) is 17.2. The summed E-state index contributed by atoms with van der Waals surface area (Å²) in [5, 5.41) is 1.71. The van der Waals surface area contributed by atoms with Crippen molar-refractivity contribution in [1.82, 2.24) is 14.5 Å². The van der Waals surface area contributed by atoms with Crippen LogP contribution >= 0.6 is 11.8 Å². The van der Waals surface area contributed by atoms with Crippen molar-refractivity contribution < 1.29 is 14.3 Å². The zero-order valence-corrected chi connectivity index (χ0v) is 18.0. The van der Waals surface area contributed by atoms with Crippen LogP contribution < -0.4 is 0 Å². The van der Waals surface area contributed by atoms with Crippen LogP contribution in [0.1, 0.15) is 40.3 Å². The van der Waals surface area contributed by atoms with Gasteiger partial charge in [0.15, 0.2) is 10.9 Å². The van der Waals surface area contributed by atoms with Crippen LogP contribution in [0.3, 0.4) is 0 Å². The molecule has 0 bridgehead atoms. The number of thioether (sulfide) groups is 1. The first-order valence-corrected chi connectivity index (χ1v) is 10.9. The van der Waals surface area contributed by atoms with Gasteiger partial charge in [0, 0.05) is 28.7 Å². The molecule has 7 heteroatoms. The Bertz CT molecular complexity index is 1260. The van der Waals surface area contributed by atoms with E-state index in [1.807, 2.05) is 44.2 Å². The first kappa shape index (κ1) is 20.2. The van der Waals surface area contributed by atoms with Gasteiger partial charge < -0.3 is 14.3 Å². The van der Waals surface area contributed by atoms with Crippen molar-refractivity contribution in [3.8, 4) is 0 Å². The zero-order chi connectivity index (χ0) is 21.3. The second-order valence-corrected chi connectivity index (χ2v) is 7.89. The van der Waals surface area contributed by atoms with Crippen molar-refractivity contribution in [3.05, 3.63) is 59.3 Å². The number of Topliss-reactive ketones (excluding diaryl/α,β-unsaturated/α-hetero) is 1. The molecule has 4 rings (SSSR count). The summed E-state index contributed by atoms with van der Waals surface area (Å²) in [5.41, 5.74) is 4.72. The normalized spacial score (nSPS) is 11.3. The summed E-state index contributed by atoms with van der Waals surface area (Å²) in [6.07, 6.45) is 0. The number of para-hydroxylation sites is 1. The van der Waals surface area contributed by atoms with E-state index in [1.54, 1.807) is 19.1 Å². The molecule has 0 aliphatic heterocycles. The summed E-state index contributed by atoms with van der Waals surface area (Å²) in [5.74, 6) is -0.00183. The topological polar surface area (TPSA) is 77.0 Å². The Kier molecular flexibility index (Phi) is 5.63. The summed E-state index contributed by atoms with van der Waals surface area (Å²) in [4.78, 5) is 33.0. The second kappa shape index (κ2) is 8.36. The van der Waals surface area contributed by atoms with Crippen molar-refractivity contribution in [1.29, 1.82) is 0 Å². The maximum absolute atomic E-state index is 13.0. The van der Waals surface area contributed by atoms with E-state index >= 15 is 0 Å². The molecule has 30 heavy (non-hydrogen) atoms. The average Bonchev–Trinajstić information content (AvgIpc) is 3.27. The van der Waals surface area contributed by atoms with Crippen molar-refractivity contribution in [2.75, 3.05) is 12.4 Å². The number of aromatic nitrogens is 3. The number of rotatable bonds is 7. The molecule has 2 aromatic carbocycles. The molecule has 0 spiro atoms. The van der Waals surface area contributed by atoms with Gasteiger partial charge in [-0.05, 0) is 45.0 Å². The van der Waals surface area contributed by atoms with Gasteiger partial charge in [0.1, 0.15) is 0 Å². The maximum atomic E-state index is 13.0. The second-order valence-electron chi connectivity index (χ2n) is 6.95. The molecule has 2 aromatic heterocycles. The number of esters is 1. The Labute approximate surface area is 178 Å². The van der Waals surface area contributed by atoms with Crippen molar-refractivity contribution in [2.45, 2.75) is 32.5 Å². The van der Waals surface area contributed by atoms with E-state index in [1.165, 1.54) is 11.8 Å². The minimum absolute atomic E-state index is 0.0665. The Balaban J connectivity index is 1.60. The number of carbonyl (C=O) groups is 2. The van der Waals surface area contributed by atoms with Crippen LogP contribution in [0.2, 0.25) is 0 Å². The van der Waals surface area contributed by atoms with Gasteiger partial charge in [-0.15, -0.1) is 0 Å². The summed E-state index contributed by atoms with van der Waals surface area (Å²) >= 11 is 1.42. The number of fused-ring (bicyclic) bond motifs is 2. The molecule has 0 fully saturated rings. The molecule has 154 valence electrons. The molecule has 0 saturated heterocycles. The largest absolute Gasteiger partial charge is 0.462 e. The number of nitrogens with one attached hydrogen (secondary N) is 1. The molecular formula is C23H23N3O3S. The molecule has 1 N–H and O–H groups in total. The van der Waals surface area contributed by atoms with E-state index in [0.29, 0.717) is 12.2 Å². The van der Waals surface area contributed by atoms with Gasteiger partial charge >= 0.3 is 5.97 Å². The van der Waals surface area contributed by atoms with Crippen LogP contribution in [-0.4, -0.2) is 38.6 Å². The number of ketones is 1. The van der Waals surface area contributed by atoms with Gasteiger partial charge in [-0.1, -0.05) is 30.0 Å². The molecule has 0 radical (unpaired) electrons. The van der Waals surface area contributed by atoms with Crippen LogP contribution in [0.4, 0.5) is 0 Å². The monoisotopic (exact) mass is 421 g/mol. The van der Waals surface area contributed by atoms with E-state index < -0.39 is 0 Å². The quantitative estimate of drug-likeness (QED) is 0.258. The fourth-order valence-electron chi connectivity index (χ4n) is 3.70. The van der Waals surface area contributed by atoms with Gasteiger partial charge in [-0.2, -0.15) is 0 Å². The highest BCUT2D eigenvalue weighted by Crippen LogP contribution is 2.28. The lowest BCUT2D eigenvalue weighted by Gasteiger charge is -2.06. The first-order chi connectivity index (χ1) is 14.5. The standard InChI is InChI=1S/C23H23N3O3S/c1-4-26-19-11-10-15(22(28)29-5-2)12-18(19)25-23(26)30-13-20(27)21-14(3)24-17-9-7-6-8-16(17)21/h6-12,24H,4-5,13H2,1-3H3. The fraction of sp³-hybridized carbons (Fsp3) is 0.261. The van der Waals surface area contributed by atoms with E-state index in [9.17, 15) is 9.59 Å². The summed E-state index contributed by atoms with van der Waals surface area (Å²) in [7, 11) is 0. The Morgan fingerprint density at radius 3 is 2.73 bits per heavy atom. The maximum Gasteiger partial charge on any atom is 0.338 e. The lowest BCUT2D eigenvalue weighted by atomic mass is 10.1. The highest BCUT2D eigenvalue weighted by molar-refractivity contribution is 7.99. The summed E-state index contributed by atoms with van der Waals surface area (Å²) in [6.45, 7) is 6.80. The van der Waals surface area contributed by atoms with Crippen molar-refractivity contribution >= 4 is 45.5 Å². The average molecular weight is 422 g/mol. The SMILES string of the molecule is CCOC(=O)c1ccc2c(c1)nc(SCC(=O)c1c(C)[nH]c3ccccc13)n2CC. The van der Waals surface area contributed by atoms with Crippen LogP contribution in [0.25, 0.3) is 21.9 Å². The number of hydrogen-bond donors (Lipinski definition) is 1. The number of imidazole rings is 1. The van der Waals surface area contributed by atoms with Crippen LogP contribution in [0.5, 0.6) is 0 Å². The number of carbonyl (C=O) groups excluding carboxylic acids is 2. The van der Waals surface area contributed by atoms with Crippen molar-refractivity contribution in [3.63, 3.8) is 0 Å². The van der Waals surface area contributed by atoms with Gasteiger partial charge in [-0.3, -0.25) is 4.79 Å². The molecular weight excluding hydrogens is 398 g/mol. The Morgan fingerprint density at radius 2 is 1.97 bits per heavy atom. The number of benzene rings is 2. The predicted molar refractivity (Wildman–Crippen MR) is 119 cm³/mol. The molecule has 4 aromatic rings. The number of nitrogens with zero attached hydrogens (tertiary/aromatic N) is 2. The number of ether oxygens (including phenoxy) is 1. The minimum atomic E-state index is -0.357. The number of aromatic amines is 1. The lowest BCUT2D eigenvalue weighted by Crippen LogP contribution is -2.05. The summed E-state index contributed by atoms with van der Waals surface area (Å²) < 4.78 is 7.14. The molecule has 0 atom stereocenters. The smallest absolute Gasteiger partial charge is 0.338 e. The van der Waals surface area contributed by atoms with Crippen LogP contribution in [-0.2, 0) is 11.3 Å². The molecule has 2 heterocycles. The molecule has 0 unspecified atom stereocenters. The van der Waals surface area contributed by atoms with Gasteiger partial charge in [0.05, 0.1) is 29.0 Å². The Hall–Kier alpha value is -3.06. The van der Waals surface area contributed by atoms with E-state index in [2.05, 4.69) is 14.5 Å². The molecule has 6 nitrogen and oxygen atoms in total. The molecule has 0 aliphatic carbocycles.